The first-order valence-corrected chi connectivity index (χ1v) is 5.11. The van der Waals surface area contributed by atoms with Gasteiger partial charge in [-0.3, -0.25) is 4.79 Å². The van der Waals surface area contributed by atoms with Crippen molar-refractivity contribution in [2.24, 2.45) is 0 Å². The molecule has 0 N–H and O–H groups in total. The molecule has 1 aromatic carbocycles. The van der Waals surface area contributed by atoms with Crippen LogP contribution in [0.15, 0.2) is 23.1 Å². The summed E-state index contributed by atoms with van der Waals surface area (Å²) >= 11 is 4.32. The molecule has 1 aromatic rings. The third-order valence-electron chi connectivity index (χ3n) is 2.24. The fraction of sp³-hybridized carbons (Fsp3) is 0.417. The van der Waals surface area contributed by atoms with Crippen LogP contribution in [0.1, 0.15) is 43.6 Å². The predicted molar refractivity (Wildman–Crippen MR) is 62.4 cm³/mol. The minimum atomic E-state index is 0.0652. The first-order valence-electron chi connectivity index (χ1n) is 4.67. The normalized spacial score (nSPS) is 11.5. The van der Waals surface area contributed by atoms with Crippen molar-refractivity contribution in [2.75, 3.05) is 0 Å². The Hall–Kier alpha value is -0.760. The molecule has 0 atom stereocenters. The number of carbonyl (C=O) groups is 1. The van der Waals surface area contributed by atoms with Gasteiger partial charge in [0.25, 0.3) is 0 Å². The quantitative estimate of drug-likeness (QED) is 0.552. The number of hydrogen-bond donors (Lipinski definition) is 1. The first-order chi connectivity index (χ1) is 6.32. The van der Waals surface area contributed by atoms with Crippen LogP contribution in [0.2, 0.25) is 0 Å². The van der Waals surface area contributed by atoms with E-state index in [4.69, 9.17) is 0 Å². The SMILES string of the molecule is CC(=O)c1ccc(C(C)(C)C)cc1S. The summed E-state index contributed by atoms with van der Waals surface area (Å²) in [6, 6.07) is 5.82. The minimum absolute atomic E-state index is 0.0652. The summed E-state index contributed by atoms with van der Waals surface area (Å²) < 4.78 is 0. The molecule has 1 nitrogen and oxygen atoms in total. The Morgan fingerprint density at radius 1 is 1.29 bits per heavy atom. The summed E-state index contributed by atoms with van der Waals surface area (Å²) in [6.45, 7) is 7.99. The second-order valence-corrected chi connectivity index (χ2v) is 5.02. The molecular formula is C12H16OS. The standard InChI is InChI=1S/C12H16OS/c1-8(13)10-6-5-9(7-11(10)14)12(2,3)4/h5-7,14H,1-4H3. The lowest BCUT2D eigenvalue weighted by Crippen LogP contribution is -2.11. The molecule has 0 aromatic heterocycles. The molecule has 1 rings (SSSR count). The van der Waals surface area contributed by atoms with E-state index in [0.717, 1.165) is 4.90 Å². The maximum Gasteiger partial charge on any atom is 0.160 e. The molecule has 0 aliphatic heterocycles. The molecule has 0 saturated heterocycles. The molecule has 0 amide bonds. The van der Waals surface area contributed by atoms with E-state index in [1.165, 1.54) is 5.56 Å². The lowest BCUT2D eigenvalue weighted by atomic mass is 9.86. The van der Waals surface area contributed by atoms with E-state index in [2.05, 4.69) is 33.4 Å². The van der Waals surface area contributed by atoms with Crippen molar-refractivity contribution in [2.45, 2.75) is 38.0 Å². The largest absolute Gasteiger partial charge is 0.294 e. The van der Waals surface area contributed by atoms with E-state index in [0.29, 0.717) is 5.56 Å². The first kappa shape index (κ1) is 11.3. The van der Waals surface area contributed by atoms with Gasteiger partial charge in [-0.1, -0.05) is 32.9 Å². The van der Waals surface area contributed by atoms with Crippen molar-refractivity contribution in [3.05, 3.63) is 29.3 Å². The molecule has 0 heterocycles. The van der Waals surface area contributed by atoms with E-state index >= 15 is 0 Å². The van der Waals surface area contributed by atoms with Crippen molar-refractivity contribution in [1.29, 1.82) is 0 Å². The molecule has 0 fully saturated rings. The van der Waals surface area contributed by atoms with Gasteiger partial charge in [-0.25, -0.2) is 0 Å². The van der Waals surface area contributed by atoms with Crippen molar-refractivity contribution < 1.29 is 4.79 Å². The van der Waals surface area contributed by atoms with E-state index < -0.39 is 0 Å². The number of carbonyl (C=O) groups excluding carboxylic acids is 1. The monoisotopic (exact) mass is 208 g/mol. The second-order valence-electron chi connectivity index (χ2n) is 4.54. The molecule has 2 heteroatoms. The number of benzene rings is 1. The van der Waals surface area contributed by atoms with Crippen molar-refractivity contribution >= 4 is 18.4 Å². The molecule has 0 aliphatic carbocycles. The van der Waals surface area contributed by atoms with E-state index in [-0.39, 0.29) is 11.2 Å². The fourth-order valence-corrected chi connectivity index (χ4v) is 1.67. The Morgan fingerprint density at radius 2 is 1.86 bits per heavy atom. The number of thiol groups is 1. The van der Waals surface area contributed by atoms with Gasteiger partial charge in [0, 0.05) is 10.5 Å². The van der Waals surface area contributed by atoms with Crippen LogP contribution >= 0.6 is 12.6 Å². The van der Waals surface area contributed by atoms with Crippen molar-refractivity contribution in [3.63, 3.8) is 0 Å². The van der Waals surface area contributed by atoms with Gasteiger partial charge >= 0.3 is 0 Å². The Kier molecular flexibility index (Phi) is 3.05. The van der Waals surface area contributed by atoms with E-state index in [9.17, 15) is 4.79 Å². The molecule has 0 spiro atoms. The van der Waals surface area contributed by atoms with E-state index in [1.54, 1.807) is 6.92 Å². The summed E-state index contributed by atoms with van der Waals surface area (Å²) in [5.74, 6) is 0.0652. The van der Waals surface area contributed by atoms with Crippen molar-refractivity contribution in [3.8, 4) is 0 Å². The Morgan fingerprint density at radius 3 is 2.21 bits per heavy atom. The van der Waals surface area contributed by atoms with Gasteiger partial charge in [0.15, 0.2) is 5.78 Å². The zero-order valence-electron chi connectivity index (χ0n) is 9.09. The van der Waals surface area contributed by atoms with Crippen molar-refractivity contribution in [1.82, 2.24) is 0 Å². The highest BCUT2D eigenvalue weighted by Gasteiger charge is 2.15. The molecule has 0 saturated carbocycles. The highest BCUT2D eigenvalue weighted by Crippen LogP contribution is 2.26. The summed E-state index contributed by atoms with van der Waals surface area (Å²) in [7, 11) is 0. The maximum absolute atomic E-state index is 11.2. The van der Waals surface area contributed by atoms with Gasteiger partial charge in [-0.15, -0.1) is 12.6 Å². The smallest absolute Gasteiger partial charge is 0.160 e. The summed E-state index contributed by atoms with van der Waals surface area (Å²) in [4.78, 5) is 11.9. The average molecular weight is 208 g/mol. The van der Waals surface area contributed by atoms with Crippen LogP contribution in [0, 0.1) is 0 Å². The third kappa shape index (κ3) is 2.38. The van der Waals surface area contributed by atoms with Crippen LogP contribution in [0.3, 0.4) is 0 Å². The fourth-order valence-electron chi connectivity index (χ4n) is 1.30. The second kappa shape index (κ2) is 3.77. The molecule has 0 bridgehead atoms. The Labute approximate surface area is 90.9 Å². The van der Waals surface area contributed by atoms with Gasteiger partial charge in [0.1, 0.15) is 0 Å². The van der Waals surface area contributed by atoms with E-state index in [1.807, 2.05) is 18.2 Å². The van der Waals surface area contributed by atoms with Crippen LogP contribution in [-0.4, -0.2) is 5.78 Å². The summed E-state index contributed by atoms with van der Waals surface area (Å²) in [5.41, 5.74) is 2.00. The highest BCUT2D eigenvalue weighted by molar-refractivity contribution is 7.80. The number of Topliss-reactive ketones (excluding diaryl/α,β-unsaturated/α-hetero) is 1. The summed E-state index contributed by atoms with van der Waals surface area (Å²) in [6.07, 6.45) is 0. The van der Waals surface area contributed by atoms with Crippen LogP contribution in [0.4, 0.5) is 0 Å². The Balaban J connectivity index is 3.20. The minimum Gasteiger partial charge on any atom is -0.294 e. The van der Waals surface area contributed by atoms with Crippen LogP contribution in [0.5, 0.6) is 0 Å². The van der Waals surface area contributed by atoms with Crippen LogP contribution in [-0.2, 0) is 5.41 Å². The van der Waals surface area contributed by atoms with Gasteiger partial charge in [-0.05, 0) is 24.0 Å². The highest BCUT2D eigenvalue weighted by atomic mass is 32.1. The molecule has 0 radical (unpaired) electrons. The van der Waals surface area contributed by atoms with Gasteiger partial charge in [-0.2, -0.15) is 0 Å². The zero-order valence-corrected chi connectivity index (χ0v) is 9.98. The maximum atomic E-state index is 11.2. The number of ketones is 1. The predicted octanol–water partition coefficient (Wildman–Crippen LogP) is 3.48. The van der Waals surface area contributed by atoms with Crippen LogP contribution in [0.25, 0.3) is 0 Å². The molecule has 0 aliphatic rings. The molecule has 0 unspecified atom stereocenters. The molecule has 14 heavy (non-hydrogen) atoms. The third-order valence-corrected chi connectivity index (χ3v) is 2.61. The van der Waals surface area contributed by atoms with Gasteiger partial charge in [0.2, 0.25) is 0 Å². The lowest BCUT2D eigenvalue weighted by molar-refractivity contribution is 0.101. The van der Waals surface area contributed by atoms with Crippen LogP contribution < -0.4 is 0 Å². The Bertz CT molecular complexity index is 361. The lowest BCUT2D eigenvalue weighted by Gasteiger charge is -2.19. The molecular weight excluding hydrogens is 192 g/mol. The average Bonchev–Trinajstić information content (AvgIpc) is 2.01. The number of hydrogen-bond acceptors (Lipinski definition) is 2. The number of rotatable bonds is 1. The zero-order chi connectivity index (χ0) is 10.9. The van der Waals surface area contributed by atoms with Gasteiger partial charge in [0.05, 0.1) is 0 Å². The summed E-state index contributed by atoms with van der Waals surface area (Å²) in [5, 5.41) is 0. The van der Waals surface area contributed by atoms with Gasteiger partial charge < -0.3 is 0 Å². The molecule has 76 valence electrons. The topological polar surface area (TPSA) is 17.1 Å².